The van der Waals surface area contributed by atoms with E-state index in [0.29, 0.717) is 5.56 Å². The van der Waals surface area contributed by atoms with Crippen LogP contribution in [0.5, 0.6) is 0 Å². The molecule has 0 heterocycles. The van der Waals surface area contributed by atoms with Gasteiger partial charge in [-0.3, -0.25) is 4.79 Å². The van der Waals surface area contributed by atoms with E-state index in [-0.39, 0.29) is 5.91 Å². The van der Waals surface area contributed by atoms with Gasteiger partial charge in [0.15, 0.2) is 0 Å². The predicted molar refractivity (Wildman–Crippen MR) is 100 cm³/mol. The molecule has 3 aromatic rings. The van der Waals surface area contributed by atoms with Crippen LogP contribution in [0, 0.1) is 3.57 Å². The summed E-state index contributed by atoms with van der Waals surface area (Å²) >= 11 is 2.29. The van der Waals surface area contributed by atoms with Gasteiger partial charge in [-0.15, -0.1) is 0 Å². The maximum Gasteiger partial charge on any atom is 0.255 e. The van der Waals surface area contributed by atoms with Gasteiger partial charge in [0.1, 0.15) is 0 Å². The molecule has 0 spiro atoms. The number of amides is 1. The summed E-state index contributed by atoms with van der Waals surface area (Å²) in [5.41, 5.74) is 2.72. The molecule has 0 radical (unpaired) electrons. The van der Waals surface area contributed by atoms with Crippen LogP contribution in [0.4, 0.5) is 5.69 Å². The molecule has 22 heavy (non-hydrogen) atoms. The van der Waals surface area contributed by atoms with Gasteiger partial charge in [0, 0.05) is 14.8 Å². The van der Waals surface area contributed by atoms with Crippen LogP contribution < -0.4 is 5.32 Å². The summed E-state index contributed by atoms with van der Waals surface area (Å²) in [6.45, 7) is 2.09. The molecule has 0 aliphatic rings. The van der Waals surface area contributed by atoms with E-state index in [1.54, 1.807) is 0 Å². The molecule has 3 aromatic carbocycles. The number of hydrogen-bond acceptors (Lipinski definition) is 1. The number of benzene rings is 3. The number of rotatable bonds is 3. The molecule has 0 aliphatic carbocycles. The van der Waals surface area contributed by atoms with Crippen molar-refractivity contribution in [1.29, 1.82) is 0 Å². The van der Waals surface area contributed by atoms with Gasteiger partial charge in [0.2, 0.25) is 0 Å². The van der Waals surface area contributed by atoms with Gasteiger partial charge in [-0.1, -0.05) is 37.3 Å². The monoisotopic (exact) mass is 401 g/mol. The third-order valence-electron chi connectivity index (χ3n) is 3.71. The van der Waals surface area contributed by atoms with E-state index in [9.17, 15) is 4.79 Å². The van der Waals surface area contributed by atoms with E-state index < -0.39 is 0 Å². The lowest BCUT2D eigenvalue weighted by Crippen LogP contribution is -2.13. The van der Waals surface area contributed by atoms with Crippen LogP contribution >= 0.6 is 22.6 Å². The maximum atomic E-state index is 12.5. The van der Waals surface area contributed by atoms with Crippen LogP contribution in [-0.4, -0.2) is 5.91 Å². The first-order valence-electron chi connectivity index (χ1n) is 7.26. The number of carbonyl (C=O) groups is 1. The van der Waals surface area contributed by atoms with Crippen molar-refractivity contribution in [2.24, 2.45) is 0 Å². The fraction of sp³-hybridized carbons (Fsp3) is 0.105. The van der Waals surface area contributed by atoms with Gasteiger partial charge < -0.3 is 5.32 Å². The van der Waals surface area contributed by atoms with Crippen molar-refractivity contribution >= 4 is 45.0 Å². The molecule has 3 heteroatoms. The summed E-state index contributed by atoms with van der Waals surface area (Å²) in [6.07, 6.45) is 0.893. The lowest BCUT2D eigenvalue weighted by Gasteiger charge is -2.11. The normalized spacial score (nSPS) is 10.6. The predicted octanol–water partition coefficient (Wildman–Crippen LogP) is 5.26. The molecule has 0 aliphatic heterocycles. The molecule has 110 valence electrons. The highest BCUT2D eigenvalue weighted by Gasteiger charge is 2.09. The van der Waals surface area contributed by atoms with Gasteiger partial charge >= 0.3 is 0 Å². The Morgan fingerprint density at radius 1 is 1.00 bits per heavy atom. The first-order chi connectivity index (χ1) is 10.7. The van der Waals surface area contributed by atoms with Crippen LogP contribution in [0.2, 0.25) is 0 Å². The highest BCUT2D eigenvalue weighted by atomic mass is 127. The number of carbonyl (C=O) groups excluding carboxylic acids is 1. The molecule has 0 atom stereocenters. The Balaban J connectivity index is 1.90. The van der Waals surface area contributed by atoms with E-state index in [2.05, 4.69) is 40.9 Å². The molecule has 1 amide bonds. The van der Waals surface area contributed by atoms with Gasteiger partial charge in [-0.05, 0) is 75.7 Å². The van der Waals surface area contributed by atoms with Crippen molar-refractivity contribution in [1.82, 2.24) is 0 Å². The Hall–Kier alpha value is -1.88. The average molecular weight is 401 g/mol. The Morgan fingerprint density at radius 2 is 1.77 bits per heavy atom. The second kappa shape index (κ2) is 6.48. The Labute approximate surface area is 143 Å². The van der Waals surface area contributed by atoms with E-state index in [1.807, 2.05) is 54.6 Å². The number of aryl methyl sites for hydroxylation is 1. The van der Waals surface area contributed by atoms with Crippen LogP contribution in [0.25, 0.3) is 10.8 Å². The molecular formula is C19H16INO. The molecule has 2 nitrogen and oxygen atoms in total. The SMILES string of the molecule is CCc1cc(I)ccc1NC(=O)c1ccc2ccccc2c1. The van der Waals surface area contributed by atoms with Crippen molar-refractivity contribution < 1.29 is 4.79 Å². The fourth-order valence-corrected chi connectivity index (χ4v) is 3.06. The molecule has 0 saturated carbocycles. The topological polar surface area (TPSA) is 29.1 Å². The zero-order valence-corrected chi connectivity index (χ0v) is 14.4. The molecule has 0 saturated heterocycles. The number of fused-ring (bicyclic) bond motifs is 1. The molecule has 0 bridgehead atoms. The van der Waals surface area contributed by atoms with Gasteiger partial charge in [0.05, 0.1) is 0 Å². The molecule has 0 fully saturated rings. The molecule has 0 unspecified atom stereocenters. The van der Waals surface area contributed by atoms with Gasteiger partial charge in [-0.2, -0.15) is 0 Å². The summed E-state index contributed by atoms with van der Waals surface area (Å²) in [4.78, 5) is 12.5. The first kappa shape index (κ1) is 15.0. The van der Waals surface area contributed by atoms with Crippen LogP contribution in [0.15, 0.2) is 60.7 Å². The van der Waals surface area contributed by atoms with Crippen molar-refractivity contribution in [3.05, 3.63) is 75.4 Å². The van der Waals surface area contributed by atoms with E-state index in [4.69, 9.17) is 0 Å². The summed E-state index contributed by atoms with van der Waals surface area (Å²) < 4.78 is 1.18. The fourth-order valence-electron chi connectivity index (χ4n) is 2.50. The minimum absolute atomic E-state index is 0.0679. The number of hydrogen-bond donors (Lipinski definition) is 1. The van der Waals surface area contributed by atoms with Crippen molar-refractivity contribution in [3.8, 4) is 0 Å². The number of anilines is 1. The highest BCUT2D eigenvalue weighted by Crippen LogP contribution is 2.21. The summed E-state index contributed by atoms with van der Waals surface area (Å²) in [6, 6.07) is 19.9. The molecule has 0 aromatic heterocycles. The minimum Gasteiger partial charge on any atom is -0.322 e. The first-order valence-corrected chi connectivity index (χ1v) is 8.34. The standard InChI is InChI=1S/C19H16INO/c1-2-13-12-17(20)9-10-18(13)21-19(22)16-8-7-14-5-3-4-6-15(14)11-16/h3-12H,2H2,1H3,(H,21,22). The van der Waals surface area contributed by atoms with Gasteiger partial charge in [0.25, 0.3) is 5.91 Å². The largest absolute Gasteiger partial charge is 0.322 e. The Bertz CT molecular complexity index is 842. The maximum absolute atomic E-state index is 12.5. The third-order valence-corrected chi connectivity index (χ3v) is 4.38. The number of nitrogens with one attached hydrogen (secondary N) is 1. The second-order valence-electron chi connectivity index (χ2n) is 5.17. The van der Waals surface area contributed by atoms with Crippen LogP contribution in [0.3, 0.4) is 0 Å². The van der Waals surface area contributed by atoms with Crippen molar-refractivity contribution in [3.63, 3.8) is 0 Å². The highest BCUT2D eigenvalue weighted by molar-refractivity contribution is 14.1. The molecule has 1 N–H and O–H groups in total. The summed E-state index contributed by atoms with van der Waals surface area (Å²) in [5.74, 6) is -0.0679. The van der Waals surface area contributed by atoms with Crippen molar-refractivity contribution in [2.45, 2.75) is 13.3 Å². The van der Waals surface area contributed by atoms with E-state index in [1.165, 1.54) is 3.57 Å². The lowest BCUT2D eigenvalue weighted by atomic mass is 10.1. The Kier molecular flexibility index (Phi) is 4.43. The van der Waals surface area contributed by atoms with Crippen molar-refractivity contribution in [2.75, 3.05) is 5.32 Å². The average Bonchev–Trinajstić information content (AvgIpc) is 2.55. The summed E-state index contributed by atoms with van der Waals surface area (Å²) in [7, 11) is 0. The van der Waals surface area contributed by atoms with Crippen LogP contribution in [0.1, 0.15) is 22.8 Å². The molecular weight excluding hydrogens is 385 g/mol. The zero-order chi connectivity index (χ0) is 15.5. The lowest BCUT2D eigenvalue weighted by molar-refractivity contribution is 0.102. The third kappa shape index (κ3) is 3.14. The summed E-state index contributed by atoms with van der Waals surface area (Å²) in [5, 5.41) is 5.25. The Morgan fingerprint density at radius 3 is 2.55 bits per heavy atom. The quantitative estimate of drug-likeness (QED) is 0.596. The van der Waals surface area contributed by atoms with E-state index in [0.717, 1.165) is 28.4 Å². The minimum atomic E-state index is -0.0679. The van der Waals surface area contributed by atoms with E-state index >= 15 is 0 Å². The molecule has 3 rings (SSSR count). The zero-order valence-electron chi connectivity index (χ0n) is 12.3. The van der Waals surface area contributed by atoms with Crippen LogP contribution in [-0.2, 0) is 6.42 Å². The van der Waals surface area contributed by atoms with Gasteiger partial charge in [-0.25, -0.2) is 0 Å². The second-order valence-corrected chi connectivity index (χ2v) is 6.42. The number of halogens is 1. The smallest absolute Gasteiger partial charge is 0.255 e.